The maximum atomic E-state index is 12.6. The Morgan fingerprint density at radius 3 is 2.76 bits per heavy atom. The predicted molar refractivity (Wildman–Crippen MR) is 88.9 cm³/mol. The van der Waals surface area contributed by atoms with Crippen molar-refractivity contribution in [1.29, 1.82) is 0 Å². The smallest absolute Gasteiger partial charge is 0.327 e. The molecular formula is C17H22N4O4. The van der Waals surface area contributed by atoms with Crippen LogP contribution in [-0.4, -0.2) is 76.4 Å². The molecule has 8 heteroatoms. The Hall–Kier alpha value is -2.64. The number of likely N-dealkylation sites (tertiary alicyclic amines) is 1. The van der Waals surface area contributed by atoms with Crippen molar-refractivity contribution in [3.63, 3.8) is 0 Å². The van der Waals surface area contributed by atoms with Crippen LogP contribution in [0.5, 0.6) is 5.88 Å². The zero-order valence-corrected chi connectivity index (χ0v) is 14.5. The number of hydrogen-bond acceptors (Lipinski definition) is 5. The monoisotopic (exact) mass is 346 g/mol. The fourth-order valence-corrected chi connectivity index (χ4v) is 3.08. The van der Waals surface area contributed by atoms with E-state index in [0.717, 1.165) is 10.6 Å². The molecule has 1 aromatic heterocycles. The van der Waals surface area contributed by atoms with Crippen LogP contribution in [0.25, 0.3) is 0 Å². The molecule has 4 amide bonds. The highest BCUT2D eigenvalue weighted by atomic mass is 16.5. The summed E-state index contributed by atoms with van der Waals surface area (Å²) in [6.45, 7) is 5.65. The number of likely N-dealkylation sites (N-methyl/N-ethyl adjacent to an activating group) is 1. The number of piperazine rings is 1. The molecule has 0 radical (unpaired) electrons. The number of pyridine rings is 1. The van der Waals surface area contributed by atoms with Gasteiger partial charge in [-0.1, -0.05) is 6.07 Å². The van der Waals surface area contributed by atoms with Crippen LogP contribution < -0.4 is 4.74 Å². The molecule has 0 unspecified atom stereocenters. The number of nitrogens with zero attached hydrogens (tertiary/aromatic N) is 4. The van der Waals surface area contributed by atoms with Gasteiger partial charge in [0.1, 0.15) is 6.10 Å². The number of rotatable bonds is 3. The van der Waals surface area contributed by atoms with Gasteiger partial charge in [-0.15, -0.1) is 0 Å². The normalized spacial score (nSPS) is 21.0. The van der Waals surface area contributed by atoms with Crippen LogP contribution in [0.1, 0.15) is 19.0 Å². The van der Waals surface area contributed by atoms with Gasteiger partial charge < -0.3 is 14.5 Å². The van der Waals surface area contributed by atoms with Gasteiger partial charge in [0.15, 0.2) is 0 Å². The Morgan fingerprint density at radius 2 is 2.04 bits per heavy atom. The van der Waals surface area contributed by atoms with Gasteiger partial charge in [0, 0.05) is 44.4 Å². The van der Waals surface area contributed by atoms with Gasteiger partial charge in [0.25, 0.3) is 0 Å². The number of amides is 4. The van der Waals surface area contributed by atoms with E-state index < -0.39 is 17.8 Å². The van der Waals surface area contributed by atoms with Crippen molar-refractivity contribution in [2.75, 3.05) is 32.7 Å². The average Bonchev–Trinajstić information content (AvgIpc) is 3.05. The minimum atomic E-state index is -0.747. The highest BCUT2D eigenvalue weighted by Crippen LogP contribution is 2.19. The molecular weight excluding hydrogens is 324 g/mol. The van der Waals surface area contributed by atoms with E-state index in [1.165, 1.54) is 4.90 Å². The molecule has 0 bridgehead atoms. The van der Waals surface area contributed by atoms with Crippen LogP contribution >= 0.6 is 0 Å². The van der Waals surface area contributed by atoms with E-state index >= 15 is 0 Å². The third-order valence-corrected chi connectivity index (χ3v) is 4.49. The second-order valence-electron chi connectivity index (χ2n) is 6.22. The van der Waals surface area contributed by atoms with Crippen LogP contribution in [0.2, 0.25) is 0 Å². The minimum Gasteiger partial charge on any atom is -0.472 e. The van der Waals surface area contributed by atoms with Crippen molar-refractivity contribution in [3.05, 3.63) is 23.9 Å². The molecule has 1 atom stereocenters. The molecule has 3 heterocycles. The average molecular weight is 346 g/mol. The van der Waals surface area contributed by atoms with E-state index in [2.05, 4.69) is 4.98 Å². The molecule has 0 N–H and O–H groups in total. The Balaban J connectivity index is 1.59. The third-order valence-electron chi connectivity index (χ3n) is 4.49. The molecule has 3 rings (SSSR count). The fraction of sp³-hybridized carbons (Fsp3) is 0.529. The summed E-state index contributed by atoms with van der Waals surface area (Å²) in [5, 5.41) is 0. The van der Waals surface area contributed by atoms with Gasteiger partial charge in [0.05, 0.1) is 6.54 Å². The molecule has 2 fully saturated rings. The lowest BCUT2D eigenvalue weighted by Gasteiger charge is -2.33. The molecule has 8 nitrogen and oxygen atoms in total. The number of ether oxygens (including phenoxy) is 1. The summed E-state index contributed by atoms with van der Waals surface area (Å²) in [6, 6.07) is 5.12. The van der Waals surface area contributed by atoms with Crippen LogP contribution in [-0.2, 0) is 9.59 Å². The molecule has 2 saturated heterocycles. The molecule has 134 valence electrons. The molecule has 0 aromatic carbocycles. The quantitative estimate of drug-likeness (QED) is 0.751. The molecule has 0 aliphatic carbocycles. The van der Waals surface area contributed by atoms with Crippen molar-refractivity contribution < 1.29 is 19.1 Å². The summed E-state index contributed by atoms with van der Waals surface area (Å²) in [4.78, 5) is 45.0. The zero-order chi connectivity index (χ0) is 18.0. The number of aryl methyl sites for hydroxylation is 1. The summed E-state index contributed by atoms with van der Waals surface area (Å²) >= 11 is 0. The van der Waals surface area contributed by atoms with E-state index in [1.54, 1.807) is 11.0 Å². The number of carbonyl (C=O) groups is 3. The standard InChI is InChI=1S/C17H22N4O4/c1-3-19-9-10-21(16(23)15(19)22)17(24)20-8-7-13(11-20)25-14-6-4-5-12(2)18-14/h4-6,13H,3,7-11H2,1-2H3/t13-/m1/s1. The van der Waals surface area contributed by atoms with Gasteiger partial charge in [-0.25, -0.2) is 9.78 Å². The number of carbonyl (C=O) groups excluding carboxylic acids is 3. The van der Waals surface area contributed by atoms with Crippen molar-refractivity contribution in [2.24, 2.45) is 0 Å². The molecule has 1 aromatic rings. The van der Waals surface area contributed by atoms with Crippen LogP contribution in [0.15, 0.2) is 18.2 Å². The van der Waals surface area contributed by atoms with Gasteiger partial charge in [0.2, 0.25) is 5.88 Å². The minimum absolute atomic E-state index is 0.166. The SMILES string of the molecule is CCN1CCN(C(=O)N2CC[C@@H](Oc3cccc(C)n3)C2)C(=O)C1=O. The third kappa shape index (κ3) is 3.57. The lowest BCUT2D eigenvalue weighted by atomic mass is 10.3. The van der Waals surface area contributed by atoms with Crippen LogP contribution in [0, 0.1) is 6.92 Å². The topological polar surface area (TPSA) is 83.0 Å². The van der Waals surface area contributed by atoms with Crippen LogP contribution in [0.3, 0.4) is 0 Å². The van der Waals surface area contributed by atoms with Gasteiger partial charge in [-0.2, -0.15) is 0 Å². The Bertz CT molecular complexity index is 693. The van der Waals surface area contributed by atoms with E-state index in [0.29, 0.717) is 38.5 Å². The fourth-order valence-electron chi connectivity index (χ4n) is 3.08. The summed E-state index contributed by atoms with van der Waals surface area (Å²) in [6.07, 6.45) is 0.499. The Morgan fingerprint density at radius 1 is 1.24 bits per heavy atom. The van der Waals surface area contributed by atoms with Crippen LogP contribution in [0.4, 0.5) is 4.79 Å². The first-order valence-corrected chi connectivity index (χ1v) is 8.49. The van der Waals surface area contributed by atoms with E-state index in [9.17, 15) is 14.4 Å². The number of urea groups is 1. The summed E-state index contributed by atoms with van der Waals surface area (Å²) in [5.41, 5.74) is 0.862. The number of hydrogen-bond donors (Lipinski definition) is 0. The first kappa shape index (κ1) is 17.2. The first-order valence-electron chi connectivity index (χ1n) is 8.49. The van der Waals surface area contributed by atoms with Crippen molar-refractivity contribution in [1.82, 2.24) is 19.7 Å². The van der Waals surface area contributed by atoms with Gasteiger partial charge in [-0.05, 0) is 19.9 Å². The Labute approximate surface area is 146 Å². The molecule has 0 saturated carbocycles. The second-order valence-corrected chi connectivity index (χ2v) is 6.22. The highest BCUT2D eigenvalue weighted by Gasteiger charge is 2.39. The number of aromatic nitrogens is 1. The summed E-state index contributed by atoms with van der Waals surface area (Å²) in [7, 11) is 0. The van der Waals surface area contributed by atoms with E-state index in [-0.39, 0.29) is 12.6 Å². The van der Waals surface area contributed by atoms with Crippen molar-refractivity contribution in [3.8, 4) is 5.88 Å². The lowest BCUT2D eigenvalue weighted by Crippen LogP contribution is -2.58. The summed E-state index contributed by atoms with van der Waals surface area (Å²) < 4.78 is 5.82. The number of imide groups is 1. The molecule has 2 aliphatic rings. The maximum absolute atomic E-state index is 12.6. The first-order chi connectivity index (χ1) is 12.0. The molecule has 0 spiro atoms. The van der Waals surface area contributed by atoms with E-state index in [1.807, 2.05) is 26.0 Å². The zero-order valence-electron chi connectivity index (χ0n) is 14.5. The lowest BCUT2D eigenvalue weighted by molar-refractivity contribution is -0.153. The summed E-state index contributed by atoms with van der Waals surface area (Å²) in [5.74, 6) is -0.831. The second kappa shape index (κ2) is 7.08. The van der Waals surface area contributed by atoms with Crippen molar-refractivity contribution in [2.45, 2.75) is 26.4 Å². The Kier molecular flexibility index (Phi) is 4.87. The predicted octanol–water partition coefficient (Wildman–Crippen LogP) is 0.654. The molecule has 25 heavy (non-hydrogen) atoms. The highest BCUT2D eigenvalue weighted by molar-refractivity contribution is 6.38. The maximum Gasteiger partial charge on any atom is 0.327 e. The van der Waals surface area contributed by atoms with Gasteiger partial charge in [-0.3, -0.25) is 14.5 Å². The van der Waals surface area contributed by atoms with Crippen molar-refractivity contribution >= 4 is 17.8 Å². The van der Waals surface area contributed by atoms with Gasteiger partial charge >= 0.3 is 17.8 Å². The largest absolute Gasteiger partial charge is 0.472 e. The molecule has 2 aliphatic heterocycles. The van der Waals surface area contributed by atoms with E-state index in [4.69, 9.17) is 4.74 Å².